The summed E-state index contributed by atoms with van der Waals surface area (Å²) in [6.45, 7) is 19.3. The number of hydrogen-bond acceptors (Lipinski definition) is 3. The van der Waals surface area contributed by atoms with E-state index in [1.807, 2.05) is 13.8 Å². The van der Waals surface area contributed by atoms with Gasteiger partial charge >= 0.3 is 0 Å². The van der Waals surface area contributed by atoms with Gasteiger partial charge in [0.15, 0.2) is 0 Å². The zero-order chi connectivity index (χ0) is 20.9. The third-order valence-corrected chi connectivity index (χ3v) is 6.91. The SMILES string of the molecule is CC.CCC(CC(C)C)C(C)(O)N1CCC2(CCN(c3cccc(C)c3)C2)C1. The third kappa shape index (κ3) is 5.10. The molecule has 0 bridgehead atoms. The van der Waals surface area contributed by atoms with E-state index < -0.39 is 5.72 Å². The van der Waals surface area contributed by atoms with Gasteiger partial charge in [-0.2, -0.15) is 0 Å². The van der Waals surface area contributed by atoms with Gasteiger partial charge in [0.2, 0.25) is 0 Å². The van der Waals surface area contributed by atoms with Crippen molar-refractivity contribution in [2.75, 3.05) is 31.1 Å². The van der Waals surface area contributed by atoms with Crippen LogP contribution in [0.15, 0.2) is 24.3 Å². The lowest BCUT2D eigenvalue weighted by molar-refractivity contribution is -0.135. The molecule has 2 aliphatic rings. The van der Waals surface area contributed by atoms with Crippen LogP contribution in [0.3, 0.4) is 0 Å². The number of rotatable bonds is 6. The Morgan fingerprint density at radius 1 is 1.14 bits per heavy atom. The predicted octanol–water partition coefficient (Wildman–Crippen LogP) is 5.70. The Hall–Kier alpha value is -1.06. The number of likely N-dealkylation sites (tertiary alicyclic amines) is 1. The summed E-state index contributed by atoms with van der Waals surface area (Å²) in [7, 11) is 0. The molecule has 1 N–H and O–H groups in total. The molecule has 1 aromatic rings. The topological polar surface area (TPSA) is 26.7 Å². The molecule has 3 rings (SSSR count). The van der Waals surface area contributed by atoms with Crippen LogP contribution in [0.2, 0.25) is 0 Å². The Balaban J connectivity index is 0.00000136. The van der Waals surface area contributed by atoms with Crippen molar-refractivity contribution in [3.8, 4) is 0 Å². The van der Waals surface area contributed by atoms with Gasteiger partial charge in [0.1, 0.15) is 5.72 Å². The first-order valence-electron chi connectivity index (χ1n) is 11.5. The van der Waals surface area contributed by atoms with Crippen LogP contribution in [-0.4, -0.2) is 41.9 Å². The van der Waals surface area contributed by atoms with Crippen LogP contribution in [0.25, 0.3) is 0 Å². The highest BCUT2D eigenvalue weighted by Gasteiger charge is 2.49. The first-order chi connectivity index (χ1) is 13.3. The number of nitrogens with zero attached hydrogens (tertiary/aromatic N) is 2. The van der Waals surface area contributed by atoms with Crippen molar-refractivity contribution in [2.45, 2.75) is 79.9 Å². The Bertz CT molecular complexity index is 612. The maximum absolute atomic E-state index is 11.4. The van der Waals surface area contributed by atoms with Crippen molar-refractivity contribution < 1.29 is 5.11 Å². The Labute approximate surface area is 174 Å². The van der Waals surface area contributed by atoms with Crippen LogP contribution >= 0.6 is 0 Å². The van der Waals surface area contributed by atoms with E-state index >= 15 is 0 Å². The van der Waals surface area contributed by atoms with Crippen LogP contribution in [0.1, 0.15) is 72.8 Å². The van der Waals surface area contributed by atoms with Crippen LogP contribution < -0.4 is 4.90 Å². The van der Waals surface area contributed by atoms with Crippen molar-refractivity contribution in [3.05, 3.63) is 29.8 Å². The molecule has 2 fully saturated rings. The Morgan fingerprint density at radius 2 is 1.82 bits per heavy atom. The first kappa shape index (κ1) is 23.2. The molecule has 3 nitrogen and oxygen atoms in total. The summed E-state index contributed by atoms with van der Waals surface area (Å²) >= 11 is 0. The monoisotopic (exact) mass is 388 g/mol. The molecule has 2 saturated heterocycles. The summed E-state index contributed by atoms with van der Waals surface area (Å²) in [5.41, 5.74) is 2.36. The van der Waals surface area contributed by atoms with E-state index in [-0.39, 0.29) is 0 Å². The molecule has 0 aliphatic carbocycles. The van der Waals surface area contributed by atoms with Gasteiger partial charge in [0.05, 0.1) is 0 Å². The number of anilines is 1. The molecule has 0 amide bonds. The summed E-state index contributed by atoms with van der Waals surface area (Å²) in [4.78, 5) is 4.94. The van der Waals surface area contributed by atoms with Gasteiger partial charge in [0.25, 0.3) is 0 Å². The second-order valence-electron chi connectivity index (χ2n) is 9.51. The molecule has 1 aromatic carbocycles. The number of aryl methyl sites for hydroxylation is 1. The van der Waals surface area contributed by atoms with Gasteiger partial charge in [-0.1, -0.05) is 46.8 Å². The van der Waals surface area contributed by atoms with Crippen LogP contribution in [0.5, 0.6) is 0 Å². The Morgan fingerprint density at radius 3 is 2.43 bits per heavy atom. The van der Waals surface area contributed by atoms with E-state index in [0.717, 1.165) is 39.0 Å². The van der Waals surface area contributed by atoms with E-state index in [9.17, 15) is 5.11 Å². The number of aliphatic hydroxyl groups is 1. The minimum Gasteiger partial charge on any atom is -0.376 e. The van der Waals surface area contributed by atoms with Gasteiger partial charge in [-0.05, 0) is 63.1 Å². The van der Waals surface area contributed by atoms with Crippen LogP contribution in [0, 0.1) is 24.2 Å². The van der Waals surface area contributed by atoms with Gasteiger partial charge in [-0.15, -0.1) is 0 Å². The van der Waals surface area contributed by atoms with Crippen molar-refractivity contribution in [3.63, 3.8) is 0 Å². The molecule has 2 heterocycles. The van der Waals surface area contributed by atoms with Crippen molar-refractivity contribution in [1.82, 2.24) is 4.90 Å². The van der Waals surface area contributed by atoms with Crippen molar-refractivity contribution >= 4 is 5.69 Å². The normalized spacial score (nSPS) is 25.7. The van der Waals surface area contributed by atoms with E-state index in [4.69, 9.17) is 0 Å². The summed E-state index contributed by atoms with van der Waals surface area (Å²) in [5.74, 6) is 0.984. The Kier molecular flexibility index (Phi) is 7.98. The molecule has 28 heavy (non-hydrogen) atoms. The van der Waals surface area contributed by atoms with Crippen molar-refractivity contribution in [2.24, 2.45) is 17.3 Å². The van der Waals surface area contributed by atoms with E-state index in [0.29, 0.717) is 17.3 Å². The van der Waals surface area contributed by atoms with E-state index in [2.05, 4.69) is 68.7 Å². The summed E-state index contributed by atoms with van der Waals surface area (Å²) < 4.78 is 0. The summed E-state index contributed by atoms with van der Waals surface area (Å²) in [6.07, 6.45) is 4.60. The highest BCUT2D eigenvalue weighted by molar-refractivity contribution is 5.49. The van der Waals surface area contributed by atoms with Crippen LogP contribution in [0.4, 0.5) is 5.69 Å². The molecule has 3 heteroatoms. The molecular formula is C25H44N2O. The van der Waals surface area contributed by atoms with Crippen molar-refractivity contribution in [1.29, 1.82) is 0 Å². The number of benzene rings is 1. The second-order valence-corrected chi connectivity index (χ2v) is 9.51. The highest BCUT2D eigenvalue weighted by atomic mass is 16.3. The highest BCUT2D eigenvalue weighted by Crippen LogP contribution is 2.44. The fourth-order valence-electron chi connectivity index (χ4n) is 5.24. The molecule has 3 unspecified atom stereocenters. The zero-order valence-electron chi connectivity index (χ0n) is 19.5. The lowest BCUT2D eigenvalue weighted by atomic mass is 9.84. The molecule has 0 saturated carbocycles. The zero-order valence-corrected chi connectivity index (χ0v) is 19.5. The second kappa shape index (κ2) is 9.63. The minimum absolute atomic E-state index is 0.351. The third-order valence-electron chi connectivity index (χ3n) is 6.91. The predicted molar refractivity (Wildman–Crippen MR) is 122 cm³/mol. The lowest BCUT2D eigenvalue weighted by Crippen LogP contribution is -2.51. The molecule has 0 aromatic heterocycles. The standard InChI is InChI=1S/C23H38N2O.C2H6/c1-6-20(14-18(2)3)22(5,26)25-13-11-23(17-25)10-12-24(16-23)21-9-7-8-19(4)15-21;1-2/h7-9,15,18,20,26H,6,10-14,16-17H2,1-5H3;1-2H3. The average molecular weight is 389 g/mol. The molecule has 0 radical (unpaired) electrons. The molecule has 160 valence electrons. The fourth-order valence-corrected chi connectivity index (χ4v) is 5.24. The number of hydrogen-bond donors (Lipinski definition) is 1. The maximum atomic E-state index is 11.4. The molecule has 1 spiro atoms. The minimum atomic E-state index is -0.681. The van der Waals surface area contributed by atoms with Gasteiger partial charge < -0.3 is 10.0 Å². The molecule has 3 atom stereocenters. The molecule has 2 aliphatic heterocycles. The average Bonchev–Trinajstić information content (AvgIpc) is 3.29. The van der Waals surface area contributed by atoms with Gasteiger partial charge in [0, 0.05) is 43.2 Å². The largest absolute Gasteiger partial charge is 0.376 e. The summed E-state index contributed by atoms with van der Waals surface area (Å²) in [5, 5.41) is 11.4. The smallest absolute Gasteiger partial charge is 0.118 e. The maximum Gasteiger partial charge on any atom is 0.118 e. The fraction of sp³-hybridized carbons (Fsp3) is 0.760. The van der Waals surface area contributed by atoms with Crippen LogP contribution in [-0.2, 0) is 0 Å². The quantitative estimate of drug-likeness (QED) is 0.677. The van der Waals surface area contributed by atoms with E-state index in [1.54, 1.807) is 0 Å². The molecular weight excluding hydrogens is 344 g/mol. The van der Waals surface area contributed by atoms with Gasteiger partial charge in [-0.25, -0.2) is 0 Å². The van der Waals surface area contributed by atoms with E-state index in [1.165, 1.54) is 24.1 Å². The lowest BCUT2D eigenvalue weighted by Gasteiger charge is -2.42. The first-order valence-corrected chi connectivity index (χ1v) is 11.5. The summed E-state index contributed by atoms with van der Waals surface area (Å²) in [6, 6.07) is 8.88. The van der Waals surface area contributed by atoms with Gasteiger partial charge in [-0.3, -0.25) is 4.90 Å².